The summed E-state index contributed by atoms with van der Waals surface area (Å²) < 4.78 is 19.1. The Morgan fingerprint density at radius 1 is 1.32 bits per heavy atom. The molecule has 1 saturated heterocycles. The Bertz CT molecular complexity index is 419. The quantitative estimate of drug-likeness (QED) is 0.881. The summed E-state index contributed by atoms with van der Waals surface area (Å²) in [7, 11) is 0. The van der Waals surface area contributed by atoms with E-state index in [0.717, 1.165) is 32.1 Å². The summed E-state index contributed by atoms with van der Waals surface area (Å²) >= 11 is 0. The summed E-state index contributed by atoms with van der Waals surface area (Å²) in [6.45, 7) is 5.73. The Morgan fingerprint density at radius 2 is 2.00 bits per heavy atom. The van der Waals surface area contributed by atoms with Crippen molar-refractivity contribution in [1.82, 2.24) is 5.32 Å². The van der Waals surface area contributed by atoms with Crippen molar-refractivity contribution in [2.45, 2.75) is 38.8 Å². The van der Waals surface area contributed by atoms with Gasteiger partial charge in [0.2, 0.25) is 0 Å². The number of hydrogen-bond acceptors (Lipinski definition) is 3. The summed E-state index contributed by atoms with van der Waals surface area (Å²) in [5.74, 6) is 0.182. The summed E-state index contributed by atoms with van der Waals surface area (Å²) in [4.78, 5) is 0. The highest BCUT2D eigenvalue weighted by molar-refractivity contribution is 5.29. The van der Waals surface area contributed by atoms with Gasteiger partial charge >= 0.3 is 0 Å². The topological polar surface area (TPSA) is 41.5 Å². The molecule has 1 heterocycles. The first kappa shape index (κ1) is 14.3. The zero-order valence-corrected chi connectivity index (χ0v) is 11.5. The predicted octanol–water partition coefficient (Wildman–Crippen LogP) is 3.00. The zero-order valence-electron chi connectivity index (χ0n) is 11.5. The van der Waals surface area contributed by atoms with Gasteiger partial charge in [-0.2, -0.15) is 0 Å². The van der Waals surface area contributed by atoms with Crippen LogP contribution in [0.15, 0.2) is 18.2 Å². The lowest BCUT2D eigenvalue weighted by molar-refractivity contribution is 0.0546. The molecule has 0 amide bonds. The molecule has 0 aliphatic carbocycles. The van der Waals surface area contributed by atoms with Crippen molar-refractivity contribution >= 4 is 0 Å². The molecule has 3 nitrogen and oxygen atoms in total. The largest absolute Gasteiger partial charge is 0.508 e. The molecule has 2 atom stereocenters. The van der Waals surface area contributed by atoms with E-state index in [-0.39, 0.29) is 17.6 Å². The third kappa shape index (κ3) is 3.67. The van der Waals surface area contributed by atoms with E-state index in [2.05, 4.69) is 12.2 Å². The first-order valence-electron chi connectivity index (χ1n) is 6.90. The highest BCUT2D eigenvalue weighted by Crippen LogP contribution is 2.24. The molecule has 19 heavy (non-hydrogen) atoms. The molecule has 1 aromatic rings. The molecule has 2 rings (SSSR count). The van der Waals surface area contributed by atoms with Crippen molar-refractivity contribution in [3.05, 3.63) is 29.6 Å². The summed E-state index contributed by atoms with van der Waals surface area (Å²) in [6, 6.07) is 4.58. The SMILES string of the molecule is CC(NC(C)C1CCOCC1)c1ccc(O)cc1F. The van der Waals surface area contributed by atoms with Crippen molar-refractivity contribution in [1.29, 1.82) is 0 Å². The van der Waals surface area contributed by atoms with E-state index in [1.54, 1.807) is 6.07 Å². The van der Waals surface area contributed by atoms with Crippen LogP contribution in [0.3, 0.4) is 0 Å². The fraction of sp³-hybridized carbons (Fsp3) is 0.600. The van der Waals surface area contributed by atoms with Gasteiger partial charge in [-0.15, -0.1) is 0 Å². The highest BCUT2D eigenvalue weighted by atomic mass is 19.1. The van der Waals surface area contributed by atoms with E-state index in [9.17, 15) is 9.50 Å². The van der Waals surface area contributed by atoms with Gasteiger partial charge in [0.15, 0.2) is 0 Å². The Hall–Kier alpha value is -1.13. The molecule has 0 aromatic heterocycles. The van der Waals surface area contributed by atoms with Gasteiger partial charge in [-0.25, -0.2) is 4.39 Å². The van der Waals surface area contributed by atoms with Crippen molar-refractivity contribution in [2.75, 3.05) is 13.2 Å². The number of ether oxygens (including phenoxy) is 1. The van der Waals surface area contributed by atoms with Crippen molar-refractivity contribution in [3.8, 4) is 5.75 Å². The van der Waals surface area contributed by atoms with Crippen LogP contribution in [0, 0.1) is 11.7 Å². The van der Waals surface area contributed by atoms with Crippen LogP contribution >= 0.6 is 0 Å². The molecular formula is C15H22FNO2. The normalized spacial score (nSPS) is 20.2. The summed E-state index contributed by atoms with van der Waals surface area (Å²) in [6.07, 6.45) is 2.11. The molecular weight excluding hydrogens is 245 g/mol. The van der Waals surface area contributed by atoms with E-state index in [0.29, 0.717) is 17.5 Å². The molecule has 2 unspecified atom stereocenters. The summed E-state index contributed by atoms with van der Waals surface area (Å²) in [5, 5.41) is 12.7. The molecule has 1 aromatic carbocycles. The van der Waals surface area contributed by atoms with Crippen LogP contribution in [0.1, 0.15) is 38.3 Å². The molecule has 0 bridgehead atoms. The number of nitrogens with one attached hydrogen (secondary N) is 1. The molecule has 2 N–H and O–H groups in total. The van der Waals surface area contributed by atoms with Crippen LogP contribution in [-0.4, -0.2) is 24.4 Å². The Balaban J connectivity index is 1.97. The van der Waals surface area contributed by atoms with Gasteiger partial charge < -0.3 is 15.2 Å². The third-order valence-electron chi connectivity index (χ3n) is 3.94. The van der Waals surface area contributed by atoms with Crippen molar-refractivity contribution in [3.63, 3.8) is 0 Å². The molecule has 1 aliphatic rings. The maximum atomic E-state index is 13.8. The molecule has 0 radical (unpaired) electrons. The highest BCUT2D eigenvalue weighted by Gasteiger charge is 2.22. The van der Waals surface area contributed by atoms with Crippen LogP contribution in [-0.2, 0) is 4.74 Å². The molecule has 1 fully saturated rings. The zero-order chi connectivity index (χ0) is 13.8. The van der Waals surface area contributed by atoms with Crippen LogP contribution in [0.5, 0.6) is 5.75 Å². The average Bonchev–Trinajstić information content (AvgIpc) is 2.39. The van der Waals surface area contributed by atoms with Gasteiger partial charge in [0.25, 0.3) is 0 Å². The number of benzene rings is 1. The molecule has 106 valence electrons. The van der Waals surface area contributed by atoms with Crippen molar-refractivity contribution < 1.29 is 14.2 Å². The van der Waals surface area contributed by atoms with Gasteiger partial charge in [-0.1, -0.05) is 6.07 Å². The van der Waals surface area contributed by atoms with E-state index in [1.165, 1.54) is 6.07 Å². The fourth-order valence-electron chi connectivity index (χ4n) is 2.70. The standard InChI is InChI=1S/C15H22FNO2/c1-10(12-5-7-19-8-6-12)17-11(2)14-4-3-13(18)9-15(14)16/h3-4,9-12,17-18H,5-8H2,1-2H3. The lowest BCUT2D eigenvalue weighted by Crippen LogP contribution is -2.38. The molecule has 0 saturated carbocycles. The first-order chi connectivity index (χ1) is 9.08. The molecule has 1 aliphatic heterocycles. The number of phenols is 1. The van der Waals surface area contributed by atoms with Crippen LogP contribution in [0.4, 0.5) is 4.39 Å². The van der Waals surface area contributed by atoms with Crippen molar-refractivity contribution in [2.24, 2.45) is 5.92 Å². The van der Waals surface area contributed by atoms with Gasteiger partial charge in [0, 0.05) is 36.9 Å². The maximum Gasteiger partial charge on any atom is 0.131 e. The third-order valence-corrected chi connectivity index (χ3v) is 3.94. The van der Waals surface area contributed by atoms with Crippen LogP contribution in [0.2, 0.25) is 0 Å². The van der Waals surface area contributed by atoms with Gasteiger partial charge in [-0.05, 0) is 38.7 Å². The van der Waals surface area contributed by atoms with Gasteiger partial charge in [-0.3, -0.25) is 0 Å². The predicted molar refractivity (Wildman–Crippen MR) is 72.6 cm³/mol. The van der Waals surface area contributed by atoms with E-state index >= 15 is 0 Å². The summed E-state index contributed by atoms with van der Waals surface area (Å²) in [5.41, 5.74) is 0.594. The average molecular weight is 267 g/mol. The number of rotatable bonds is 4. The van der Waals surface area contributed by atoms with Crippen LogP contribution in [0.25, 0.3) is 0 Å². The van der Waals surface area contributed by atoms with Gasteiger partial charge in [0.1, 0.15) is 11.6 Å². The Morgan fingerprint density at radius 3 is 2.63 bits per heavy atom. The van der Waals surface area contributed by atoms with E-state index < -0.39 is 0 Å². The fourth-order valence-corrected chi connectivity index (χ4v) is 2.70. The molecule has 0 spiro atoms. The Kier molecular flexibility index (Phi) is 4.77. The minimum absolute atomic E-state index is 0.0362. The van der Waals surface area contributed by atoms with E-state index in [4.69, 9.17) is 4.74 Å². The second kappa shape index (κ2) is 6.35. The number of hydrogen-bond donors (Lipinski definition) is 2. The number of phenolic OH excluding ortho intramolecular Hbond substituents is 1. The number of halogens is 1. The Labute approximate surface area is 113 Å². The number of aromatic hydroxyl groups is 1. The first-order valence-corrected chi connectivity index (χ1v) is 6.90. The lowest BCUT2D eigenvalue weighted by atomic mass is 9.92. The van der Waals surface area contributed by atoms with Crippen LogP contribution < -0.4 is 5.32 Å². The minimum atomic E-state index is -0.362. The second-order valence-corrected chi connectivity index (χ2v) is 5.33. The second-order valence-electron chi connectivity index (χ2n) is 5.33. The minimum Gasteiger partial charge on any atom is -0.508 e. The monoisotopic (exact) mass is 267 g/mol. The van der Waals surface area contributed by atoms with E-state index in [1.807, 2.05) is 6.92 Å². The maximum absolute atomic E-state index is 13.8. The smallest absolute Gasteiger partial charge is 0.131 e. The lowest BCUT2D eigenvalue weighted by Gasteiger charge is -2.31. The molecule has 4 heteroatoms. The van der Waals surface area contributed by atoms with Gasteiger partial charge in [0.05, 0.1) is 0 Å².